The van der Waals surface area contributed by atoms with Gasteiger partial charge in [-0.05, 0) is 12.1 Å². The average Bonchev–Trinajstić information content (AvgIpc) is 2.09. The molecule has 0 saturated carbocycles. The van der Waals surface area contributed by atoms with Crippen LogP contribution in [0, 0.1) is 5.21 Å². The lowest BCUT2D eigenvalue weighted by Gasteiger charge is -1.97. The molecule has 0 aliphatic heterocycles. The standard InChI is InChI=1S/C7H7ClN2O2/c8-7-3-1-6(2-4-7)5-10(12)9-11/h1-4,11H,5H2/b10-9-. The fourth-order valence-electron chi connectivity index (χ4n) is 0.778. The molecular weight excluding hydrogens is 180 g/mol. The second kappa shape index (κ2) is 3.92. The molecule has 1 rings (SSSR count). The van der Waals surface area contributed by atoms with E-state index in [1.807, 2.05) is 0 Å². The summed E-state index contributed by atoms with van der Waals surface area (Å²) >= 11 is 5.62. The van der Waals surface area contributed by atoms with Crippen LogP contribution in [0.3, 0.4) is 0 Å². The Labute approximate surface area is 74.3 Å². The minimum atomic E-state index is 0.0215. The quantitative estimate of drug-likeness (QED) is 0.437. The van der Waals surface area contributed by atoms with Crippen LogP contribution in [0.25, 0.3) is 0 Å². The van der Waals surface area contributed by atoms with Crippen LogP contribution >= 0.6 is 11.6 Å². The van der Waals surface area contributed by atoms with Crippen LogP contribution < -0.4 is 0 Å². The predicted octanol–water partition coefficient (Wildman–Crippen LogP) is 2.19. The van der Waals surface area contributed by atoms with Gasteiger partial charge >= 0.3 is 0 Å². The van der Waals surface area contributed by atoms with Gasteiger partial charge in [-0.1, -0.05) is 28.6 Å². The highest BCUT2D eigenvalue weighted by molar-refractivity contribution is 6.30. The smallest absolute Gasteiger partial charge is 0.209 e. The number of rotatable bonds is 2. The van der Waals surface area contributed by atoms with Gasteiger partial charge in [-0.2, -0.15) is 0 Å². The Kier molecular flexibility index (Phi) is 2.88. The molecule has 0 fully saturated rings. The monoisotopic (exact) mass is 186 g/mol. The Balaban J connectivity index is 2.71. The summed E-state index contributed by atoms with van der Waals surface area (Å²) < 4.78 is 0. The molecule has 1 aromatic rings. The van der Waals surface area contributed by atoms with E-state index < -0.39 is 0 Å². The Morgan fingerprint density at radius 2 is 2.00 bits per heavy atom. The van der Waals surface area contributed by atoms with Gasteiger partial charge in [0.1, 0.15) is 0 Å². The third-order valence-corrected chi connectivity index (χ3v) is 1.58. The van der Waals surface area contributed by atoms with Crippen LogP contribution in [-0.2, 0) is 6.54 Å². The lowest BCUT2D eigenvalue weighted by Crippen LogP contribution is -1.99. The summed E-state index contributed by atoms with van der Waals surface area (Å²) in [6.07, 6.45) is 0. The lowest BCUT2D eigenvalue weighted by atomic mass is 10.2. The number of hydroxylamine groups is 1. The van der Waals surface area contributed by atoms with Gasteiger partial charge in [0.15, 0.2) is 5.28 Å². The lowest BCUT2D eigenvalue weighted by molar-refractivity contribution is -0.570. The van der Waals surface area contributed by atoms with Crippen molar-refractivity contribution in [2.24, 2.45) is 5.28 Å². The normalized spacial score (nSPS) is 11.6. The van der Waals surface area contributed by atoms with Gasteiger partial charge < -0.3 is 10.4 Å². The molecule has 12 heavy (non-hydrogen) atoms. The Bertz CT molecular complexity index is 284. The molecule has 0 saturated heterocycles. The molecule has 0 spiro atoms. The van der Waals surface area contributed by atoms with E-state index in [4.69, 9.17) is 16.8 Å². The molecule has 5 heteroatoms. The van der Waals surface area contributed by atoms with E-state index in [9.17, 15) is 5.21 Å². The van der Waals surface area contributed by atoms with Crippen molar-refractivity contribution in [3.63, 3.8) is 0 Å². The van der Waals surface area contributed by atoms with Crippen molar-refractivity contribution in [2.45, 2.75) is 6.54 Å². The maximum atomic E-state index is 10.5. The fourth-order valence-corrected chi connectivity index (χ4v) is 0.904. The van der Waals surface area contributed by atoms with Crippen LogP contribution in [0.15, 0.2) is 29.5 Å². The molecule has 0 aromatic heterocycles. The van der Waals surface area contributed by atoms with Crippen molar-refractivity contribution in [2.75, 3.05) is 0 Å². The van der Waals surface area contributed by atoms with Crippen LogP contribution in [-0.4, -0.2) is 10.1 Å². The molecule has 1 aromatic carbocycles. The third kappa shape index (κ3) is 2.39. The highest BCUT2D eigenvalue weighted by Gasteiger charge is 1.98. The zero-order valence-corrected chi connectivity index (χ0v) is 6.90. The van der Waals surface area contributed by atoms with Gasteiger partial charge in [-0.3, -0.25) is 0 Å². The van der Waals surface area contributed by atoms with Crippen molar-refractivity contribution < 1.29 is 10.1 Å². The van der Waals surface area contributed by atoms with Gasteiger partial charge in [0.2, 0.25) is 6.54 Å². The highest BCUT2D eigenvalue weighted by Crippen LogP contribution is 2.09. The first-order chi connectivity index (χ1) is 5.72. The predicted molar refractivity (Wildman–Crippen MR) is 43.0 cm³/mol. The molecule has 0 bridgehead atoms. The second-order valence-electron chi connectivity index (χ2n) is 2.23. The first-order valence-corrected chi connectivity index (χ1v) is 3.64. The van der Waals surface area contributed by atoms with Crippen LogP contribution in [0.2, 0.25) is 5.02 Å². The topological polar surface area (TPSA) is 58.7 Å². The third-order valence-electron chi connectivity index (χ3n) is 1.33. The molecule has 0 unspecified atom stereocenters. The number of halogens is 1. The summed E-state index contributed by atoms with van der Waals surface area (Å²) in [5, 5.41) is 21.7. The van der Waals surface area contributed by atoms with E-state index in [0.29, 0.717) is 5.02 Å². The van der Waals surface area contributed by atoms with Crippen molar-refractivity contribution in [1.82, 2.24) is 0 Å². The van der Waals surface area contributed by atoms with Gasteiger partial charge in [-0.15, -0.1) is 0 Å². The zero-order chi connectivity index (χ0) is 8.97. The Morgan fingerprint density at radius 3 is 2.50 bits per heavy atom. The summed E-state index contributed by atoms with van der Waals surface area (Å²) in [6.45, 7) is 0.0215. The van der Waals surface area contributed by atoms with E-state index in [1.54, 1.807) is 24.3 Å². The first kappa shape index (κ1) is 8.80. The van der Waals surface area contributed by atoms with E-state index in [1.165, 1.54) is 0 Å². The number of hydrogen-bond donors (Lipinski definition) is 1. The van der Waals surface area contributed by atoms with Gasteiger partial charge in [0, 0.05) is 10.6 Å². The van der Waals surface area contributed by atoms with Gasteiger partial charge in [-0.25, -0.2) is 0 Å². The SMILES string of the molecule is [O-]/[N+](Cc1ccc(Cl)cc1)=N\O. The molecule has 1 N–H and O–H groups in total. The van der Waals surface area contributed by atoms with Crippen LogP contribution in [0.4, 0.5) is 0 Å². The molecule has 0 atom stereocenters. The fraction of sp³-hybridized carbons (Fsp3) is 0.143. The van der Waals surface area contributed by atoms with Gasteiger partial charge in [0.25, 0.3) is 0 Å². The van der Waals surface area contributed by atoms with E-state index in [2.05, 4.69) is 5.28 Å². The van der Waals surface area contributed by atoms with E-state index in [0.717, 1.165) is 5.56 Å². The highest BCUT2D eigenvalue weighted by atomic mass is 35.5. The molecule has 0 amide bonds. The maximum Gasteiger partial charge on any atom is 0.209 e. The number of hydrogen-bond acceptors (Lipinski definition) is 2. The van der Waals surface area contributed by atoms with Crippen LogP contribution in [0.5, 0.6) is 0 Å². The molecule has 0 radical (unpaired) electrons. The van der Waals surface area contributed by atoms with Crippen molar-refractivity contribution in [3.8, 4) is 0 Å². The molecule has 4 nitrogen and oxygen atoms in total. The summed E-state index contributed by atoms with van der Waals surface area (Å²) in [5.74, 6) is 0. The largest absolute Gasteiger partial charge is 0.597 e. The second-order valence-corrected chi connectivity index (χ2v) is 2.66. The minimum absolute atomic E-state index is 0.0215. The Hall–Kier alpha value is -1.29. The molecular formula is C7H7ClN2O2. The van der Waals surface area contributed by atoms with E-state index in [-0.39, 0.29) is 11.4 Å². The zero-order valence-electron chi connectivity index (χ0n) is 6.14. The molecule has 0 aliphatic rings. The van der Waals surface area contributed by atoms with Crippen molar-refractivity contribution in [3.05, 3.63) is 40.1 Å². The van der Waals surface area contributed by atoms with Crippen molar-refractivity contribution >= 4 is 11.6 Å². The molecule has 0 heterocycles. The first-order valence-electron chi connectivity index (χ1n) is 3.26. The van der Waals surface area contributed by atoms with Gasteiger partial charge in [0.05, 0.1) is 0 Å². The summed E-state index contributed by atoms with van der Waals surface area (Å²) in [5.41, 5.74) is 0.743. The van der Waals surface area contributed by atoms with Crippen LogP contribution in [0.1, 0.15) is 5.56 Å². The summed E-state index contributed by atoms with van der Waals surface area (Å²) in [6, 6.07) is 6.72. The summed E-state index contributed by atoms with van der Waals surface area (Å²) in [4.78, 5) is 0.184. The van der Waals surface area contributed by atoms with E-state index >= 15 is 0 Å². The van der Waals surface area contributed by atoms with Crippen molar-refractivity contribution in [1.29, 1.82) is 0 Å². The molecule has 64 valence electrons. The average molecular weight is 187 g/mol. The molecule has 0 aliphatic carbocycles. The number of nitrogens with zero attached hydrogens (tertiary/aromatic N) is 2. The Morgan fingerprint density at radius 1 is 1.42 bits per heavy atom. The minimum Gasteiger partial charge on any atom is -0.597 e. The summed E-state index contributed by atoms with van der Waals surface area (Å²) in [7, 11) is 0. The number of benzene rings is 1. The maximum absolute atomic E-state index is 10.5.